The molecule has 9 heteroatoms. The summed E-state index contributed by atoms with van der Waals surface area (Å²) in [5.74, 6) is -0.424. The SMILES string of the molecule is CCCCCCCCCCCCCCCCCOCC(COP1(=O)OC2CCC[N+](C)(C)C2O1)OC(C)=O. The molecule has 4 unspecified atom stereocenters. The lowest BCUT2D eigenvalue weighted by atomic mass is 10.0. The van der Waals surface area contributed by atoms with Crippen molar-refractivity contribution < 1.29 is 36.9 Å². The van der Waals surface area contributed by atoms with E-state index in [1.165, 1.54) is 90.4 Å². The molecule has 0 saturated carbocycles. The lowest BCUT2D eigenvalue weighted by molar-refractivity contribution is -0.939. The van der Waals surface area contributed by atoms with Crippen molar-refractivity contribution in [2.75, 3.05) is 40.5 Å². The standard InChI is InChI=1S/C29H57NO7P/c1-5-6-7-8-9-10-11-12-13-14-15-16-17-18-19-23-33-24-27(35-26(2)31)25-34-38(32)36-28-21-20-22-30(3,4)29(28)37-38/h27-29H,5-25H2,1-4H3/q+1. The third kappa shape index (κ3) is 13.7. The third-order valence-corrected chi connectivity index (χ3v) is 9.15. The molecule has 38 heavy (non-hydrogen) atoms. The molecule has 0 amide bonds. The fourth-order valence-corrected chi connectivity index (χ4v) is 7.14. The summed E-state index contributed by atoms with van der Waals surface area (Å²) >= 11 is 0. The van der Waals surface area contributed by atoms with E-state index in [0.29, 0.717) is 11.1 Å². The zero-order valence-corrected chi connectivity index (χ0v) is 25.7. The number of likely N-dealkylation sites (tertiary alicyclic amines) is 1. The van der Waals surface area contributed by atoms with Crippen molar-refractivity contribution in [1.29, 1.82) is 0 Å². The lowest BCUT2D eigenvalue weighted by Crippen LogP contribution is -2.56. The molecule has 2 aliphatic heterocycles. The van der Waals surface area contributed by atoms with E-state index in [0.717, 1.165) is 32.2 Å². The van der Waals surface area contributed by atoms with Crippen LogP contribution in [0.5, 0.6) is 0 Å². The zero-order chi connectivity index (χ0) is 27.7. The van der Waals surface area contributed by atoms with Gasteiger partial charge in [0.2, 0.25) is 6.23 Å². The molecule has 2 rings (SSSR count). The van der Waals surface area contributed by atoms with Crippen LogP contribution in [0.3, 0.4) is 0 Å². The van der Waals surface area contributed by atoms with Gasteiger partial charge in [0.05, 0.1) is 33.9 Å². The number of carbonyl (C=O) groups excluding carboxylic acids is 1. The van der Waals surface area contributed by atoms with E-state index in [1.54, 1.807) is 0 Å². The number of ether oxygens (including phenoxy) is 2. The van der Waals surface area contributed by atoms with Gasteiger partial charge in [-0.25, -0.2) is 9.09 Å². The molecule has 0 aromatic heterocycles. The smallest absolute Gasteiger partial charge is 0.458 e. The predicted octanol–water partition coefficient (Wildman–Crippen LogP) is 7.54. The molecule has 0 spiro atoms. The lowest BCUT2D eigenvalue weighted by Gasteiger charge is -2.39. The number of carbonyl (C=O) groups is 1. The molecule has 0 radical (unpaired) electrons. The first-order valence-corrected chi connectivity index (χ1v) is 16.9. The number of piperidine rings is 1. The quantitative estimate of drug-likeness (QED) is 0.0583. The molecule has 4 atom stereocenters. The summed E-state index contributed by atoms with van der Waals surface area (Å²) in [5, 5.41) is 0. The molecule has 0 bridgehead atoms. The van der Waals surface area contributed by atoms with Gasteiger partial charge in [-0.2, -0.15) is 0 Å². The van der Waals surface area contributed by atoms with Crippen LogP contribution in [0.1, 0.15) is 123 Å². The molecule has 0 aromatic rings. The van der Waals surface area contributed by atoms with E-state index in [2.05, 4.69) is 6.92 Å². The van der Waals surface area contributed by atoms with Gasteiger partial charge >= 0.3 is 13.8 Å². The second kappa shape index (κ2) is 18.8. The summed E-state index contributed by atoms with van der Waals surface area (Å²) in [7, 11) is 0.398. The Morgan fingerprint density at radius 1 is 0.868 bits per heavy atom. The van der Waals surface area contributed by atoms with Crippen LogP contribution in [0.2, 0.25) is 0 Å². The fraction of sp³-hybridized carbons (Fsp3) is 0.966. The molecule has 0 N–H and O–H groups in total. The van der Waals surface area contributed by atoms with Crippen LogP contribution in [0.15, 0.2) is 0 Å². The van der Waals surface area contributed by atoms with Gasteiger partial charge in [0, 0.05) is 13.5 Å². The van der Waals surface area contributed by atoms with Gasteiger partial charge in [0.1, 0.15) is 12.2 Å². The third-order valence-electron chi connectivity index (χ3n) is 7.68. The van der Waals surface area contributed by atoms with E-state index in [1.807, 2.05) is 14.1 Å². The maximum absolute atomic E-state index is 13.0. The van der Waals surface area contributed by atoms with Gasteiger partial charge in [0.15, 0.2) is 0 Å². The number of rotatable bonds is 22. The highest BCUT2D eigenvalue weighted by Crippen LogP contribution is 2.60. The van der Waals surface area contributed by atoms with Gasteiger partial charge in [-0.1, -0.05) is 96.8 Å². The molecule has 8 nitrogen and oxygen atoms in total. The molecule has 0 aromatic carbocycles. The average molecular weight is 563 g/mol. The first-order chi connectivity index (χ1) is 18.3. The van der Waals surface area contributed by atoms with Gasteiger partial charge in [-0.15, -0.1) is 0 Å². The number of nitrogens with zero attached hydrogens (tertiary/aromatic N) is 1. The second-order valence-electron chi connectivity index (χ2n) is 11.8. The minimum Gasteiger partial charge on any atom is -0.458 e. The number of unbranched alkanes of at least 4 members (excludes halogenated alkanes) is 14. The Labute approximate surface area is 232 Å². The molecule has 0 aliphatic carbocycles. The van der Waals surface area contributed by atoms with Gasteiger partial charge in [-0.3, -0.25) is 13.8 Å². The minimum absolute atomic E-state index is 0.0808. The monoisotopic (exact) mass is 562 g/mol. The van der Waals surface area contributed by atoms with Crippen LogP contribution in [-0.2, 0) is 32.4 Å². The summed E-state index contributed by atoms with van der Waals surface area (Å²) in [6.07, 6.45) is 20.5. The number of fused-ring (bicyclic) bond motifs is 1. The number of hydrogen-bond donors (Lipinski definition) is 0. The van der Waals surface area contributed by atoms with Gasteiger partial charge < -0.3 is 14.0 Å². The normalized spacial score (nSPS) is 25.3. The van der Waals surface area contributed by atoms with E-state index in [-0.39, 0.29) is 25.5 Å². The predicted molar refractivity (Wildman–Crippen MR) is 151 cm³/mol. The molecular weight excluding hydrogens is 505 g/mol. The maximum atomic E-state index is 13.0. The van der Waals surface area contributed by atoms with Crippen LogP contribution in [0, 0.1) is 0 Å². The summed E-state index contributed by atoms with van der Waals surface area (Å²) in [6, 6.07) is 0. The topological polar surface area (TPSA) is 80.3 Å². The number of likely N-dealkylation sites (N-methyl/N-ethyl adjacent to an activating group) is 1. The number of phosphoric ester groups is 1. The van der Waals surface area contributed by atoms with Crippen molar-refractivity contribution in [3.8, 4) is 0 Å². The number of quaternary nitrogens is 1. The zero-order valence-electron chi connectivity index (χ0n) is 24.8. The minimum atomic E-state index is -3.69. The molecule has 2 aliphatic rings. The van der Waals surface area contributed by atoms with Crippen molar-refractivity contribution in [2.24, 2.45) is 0 Å². The molecular formula is C29H57NO7P+. The summed E-state index contributed by atoms with van der Waals surface area (Å²) in [6.45, 7) is 5.29. The van der Waals surface area contributed by atoms with Crippen LogP contribution < -0.4 is 0 Å². The maximum Gasteiger partial charge on any atom is 0.480 e. The van der Waals surface area contributed by atoms with Crippen molar-refractivity contribution in [3.63, 3.8) is 0 Å². The Morgan fingerprint density at radius 2 is 1.42 bits per heavy atom. The molecule has 2 saturated heterocycles. The average Bonchev–Trinajstić information content (AvgIpc) is 3.22. The van der Waals surface area contributed by atoms with Crippen LogP contribution in [0.4, 0.5) is 0 Å². The Bertz CT molecular complexity index is 690. The highest BCUT2D eigenvalue weighted by atomic mass is 31.2. The van der Waals surface area contributed by atoms with E-state index in [9.17, 15) is 9.36 Å². The second-order valence-corrected chi connectivity index (χ2v) is 13.4. The highest BCUT2D eigenvalue weighted by molar-refractivity contribution is 7.48. The van der Waals surface area contributed by atoms with E-state index in [4.69, 9.17) is 23.0 Å². The number of phosphoric acid groups is 1. The Kier molecular flexibility index (Phi) is 16.7. The summed E-state index contributed by atoms with van der Waals surface area (Å²) in [4.78, 5) is 11.5. The Morgan fingerprint density at radius 3 is 1.95 bits per heavy atom. The summed E-state index contributed by atoms with van der Waals surface area (Å²) in [5.41, 5.74) is 0. The van der Waals surface area contributed by atoms with Crippen LogP contribution in [0.25, 0.3) is 0 Å². The first kappa shape index (κ1) is 33.7. The van der Waals surface area contributed by atoms with Gasteiger partial charge in [0.25, 0.3) is 0 Å². The van der Waals surface area contributed by atoms with Crippen molar-refractivity contribution >= 4 is 13.8 Å². The van der Waals surface area contributed by atoms with Crippen molar-refractivity contribution in [3.05, 3.63) is 0 Å². The number of hydrogen-bond acceptors (Lipinski definition) is 7. The van der Waals surface area contributed by atoms with Gasteiger partial charge in [-0.05, 0) is 19.3 Å². The van der Waals surface area contributed by atoms with E-state index >= 15 is 0 Å². The van der Waals surface area contributed by atoms with Crippen molar-refractivity contribution in [1.82, 2.24) is 0 Å². The largest absolute Gasteiger partial charge is 0.480 e. The number of esters is 1. The first-order valence-electron chi connectivity index (χ1n) is 15.4. The Hall–Kier alpha value is -0.500. The molecule has 224 valence electrons. The Balaban J connectivity index is 1.48. The van der Waals surface area contributed by atoms with E-state index < -0.39 is 19.9 Å². The molecule has 2 heterocycles. The fourth-order valence-electron chi connectivity index (χ4n) is 5.42. The molecule has 2 fully saturated rings. The van der Waals surface area contributed by atoms with Crippen molar-refractivity contribution in [2.45, 2.75) is 141 Å². The summed E-state index contributed by atoms with van der Waals surface area (Å²) < 4.78 is 41.7. The van der Waals surface area contributed by atoms with Crippen LogP contribution >= 0.6 is 7.82 Å². The van der Waals surface area contributed by atoms with Crippen LogP contribution in [-0.4, -0.2) is 69.3 Å². The highest BCUT2D eigenvalue weighted by Gasteiger charge is 2.55.